The molecule has 0 aromatic heterocycles. The average Bonchev–Trinajstić information content (AvgIpc) is 1.85. The summed E-state index contributed by atoms with van der Waals surface area (Å²) in [7, 11) is 0. The minimum Gasteiger partial charge on any atom is -0.480 e. The Morgan fingerprint density at radius 1 is 1.58 bits per heavy atom. The fraction of sp³-hybridized carbons (Fsp3) is 0.833. The molecule has 0 aliphatic carbocycles. The summed E-state index contributed by atoms with van der Waals surface area (Å²) in [6.07, 6.45) is 0. The SMILES string of the molecule is CC(C)C(C(N)C(=O)O)[N+](=O)[O-]. The Balaban J connectivity index is 4.51. The minimum absolute atomic E-state index is 0.383. The maximum Gasteiger partial charge on any atom is 0.327 e. The summed E-state index contributed by atoms with van der Waals surface area (Å²) in [5.74, 6) is -1.73. The monoisotopic (exact) mass is 176 g/mol. The van der Waals surface area contributed by atoms with E-state index < -0.39 is 23.0 Å². The first-order valence-corrected chi connectivity index (χ1v) is 3.49. The van der Waals surface area contributed by atoms with E-state index >= 15 is 0 Å². The molecule has 0 heterocycles. The number of nitro groups is 1. The number of hydrogen-bond acceptors (Lipinski definition) is 4. The van der Waals surface area contributed by atoms with Gasteiger partial charge in [0, 0.05) is 10.8 Å². The van der Waals surface area contributed by atoms with Crippen molar-refractivity contribution < 1.29 is 14.8 Å². The third kappa shape index (κ3) is 2.46. The maximum atomic E-state index is 10.3. The van der Waals surface area contributed by atoms with Crippen LogP contribution in [0.15, 0.2) is 0 Å². The van der Waals surface area contributed by atoms with Crippen LogP contribution in [0, 0.1) is 16.0 Å². The molecule has 0 saturated carbocycles. The van der Waals surface area contributed by atoms with Crippen molar-refractivity contribution in [2.24, 2.45) is 11.7 Å². The number of hydrogen-bond donors (Lipinski definition) is 2. The lowest BCUT2D eigenvalue weighted by Crippen LogP contribution is -2.48. The van der Waals surface area contributed by atoms with Crippen molar-refractivity contribution in [3.05, 3.63) is 10.1 Å². The first-order chi connectivity index (χ1) is 5.37. The topological polar surface area (TPSA) is 106 Å². The van der Waals surface area contributed by atoms with Crippen LogP contribution in [0.5, 0.6) is 0 Å². The van der Waals surface area contributed by atoms with E-state index in [1.165, 1.54) is 0 Å². The number of carbonyl (C=O) groups is 1. The van der Waals surface area contributed by atoms with Gasteiger partial charge in [0.25, 0.3) is 0 Å². The standard InChI is InChI=1S/C6H12N2O4/c1-3(2)5(8(11)12)4(7)6(9)10/h3-5H,7H2,1-2H3,(H,9,10). The van der Waals surface area contributed by atoms with E-state index in [2.05, 4.69) is 0 Å². The molecule has 0 saturated heterocycles. The van der Waals surface area contributed by atoms with Crippen LogP contribution in [-0.4, -0.2) is 28.1 Å². The quantitative estimate of drug-likeness (QED) is 0.451. The summed E-state index contributed by atoms with van der Waals surface area (Å²) in [5.41, 5.74) is 5.12. The summed E-state index contributed by atoms with van der Waals surface area (Å²) in [4.78, 5) is 20.0. The van der Waals surface area contributed by atoms with Crippen LogP contribution >= 0.6 is 0 Å². The average molecular weight is 176 g/mol. The zero-order valence-corrected chi connectivity index (χ0v) is 6.93. The first kappa shape index (κ1) is 10.8. The molecule has 70 valence electrons. The van der Waals surface area contributed by atoms with Crippen LogP contribution in [0.25, 0.3) is 0 Å². The predicted octanol–water partition coefficient (Wildman–Crippen LogP) is -0.300. The second kappa shape index (κ2) is 4.01. The van der Waals surface area contributed by atoms with Crippen molar-refractivity contribution in [2.45, 2.75) is 25.9 Å². The van der Waals surface area contributed by atoms with Crippen LogP contribution in [0.2, 0.25) is 0 Å². The van der Waals surface area contributed by atoms with E-state index in [-0.39, 0.29) is 5.92 Å². The largest absolute Gasteiger partial charge is 0.480 e. The van der Waals surface area contributed by atoms with Crippen LogP contribution in [0.1, 0.15) is 13.8 Å². The highest BCUT2D eigenvalue weighted by Crippen LogP contribution is 2.08. The number of carboxylic acid groups (broad SMARTS) is 1. The Morgan fingerprint density at radius 2 is 2.00 bits per heavy atom. The van der Waals surface area contributed by atoms with E-state index in [0.29, 0.717) is 0 Å². The van der Waals surface area contributed by atoms with Crippen LogP contribution < -0.4 is 5.73 Å². The maximum absolute atomic E-state index is 10.3. The van der Waals surface area contributed by atoms with Crippen molar-refractivity contribution in [3.8, 4) is 0 Å². The molecule has 0 fully saturated rings. The molecule has 0 amide bonds. The lowest BCUT2D eigenvalue weighted by atomic mass is 9.98. The fourth-order valence-electron chi connectivity index (χ4n) is 0.935. The summed E-state index contributed by atoms with van der Waals surface area (Å²) >= 11 is 0. The summed E-state index contributed by atoms with van der Waals surface area (Å²) < 4.78 is 0. The second-order valence-electron chi connectivity index (χ2n) is 2.88. The summed E-state index contributed by atoms with van der Waals surface area (Å²) in [5, 5.41) is 18.8. The number of rotatable bonds is 4. The molecule has 6 nitrogen and oxygen atoms in total. The fourth-order valence-corrected chi connectivity index (χ4v) is 0.935. The van der Waals surface area contributed by atoms with Gasteiger partial charge >= 0.3 is 5.97 Å². The van der Waals surface area contributed by atoms with Crippen molar-refractivity contribution in [2.75, 3.05) is 0 Å². The van der Waals surface area contributed by atoms with Gasteiger partial charge in [0.2, 0.25) is 6.04 Å². The molecule has 0 spiro atoms. The van der Waals surface area contributed by atoms with Gasteiger partial charge in [-0.25, -0.2) is 0 Å². The Kier molecular flexibility index (Phi) is 3.62. The lowest BCUT2D eigenvalue weighted by Gasteiger charge is -2.15. The minimum atomic E-state index is -1.43. The summed E-state index contributed by atoms with van der Waals surface area (Å²) in [6, 6.07) is -2.65. The van der Waals surface area contributed by atoms with E-state index in [4.69, 9.17) is 10.8 Å². The van der Waals surface area contributed by atoms with Gasteiger partial charge in [0.05, 0.1) is 0 Å². The van der Waals surface area contributed by atoms with Gasteiger partial charge < -0.3 is 10.8 Å². The Morgan fingerprint density at radius 3 is 2.08 bits per heavy atom. The number of nitrogens with two attached hydrogens (primary N) is 1. The molecule has 0 aromatic carbocycles. The van der Waals surface area contributed by atoms with E-state index in [1.807, 2.05) is 0 Å². The molecule has 2 atom stereocenters. The Bertz CT molecular complexity index is 192. The molecule has 12 heavy (non-hydrogen) atoms. The summed E-state index contributed by atoms with van der Waals surface area (Å²) in [6.45, 7) is 3.13. The molecular formula is C6H12N2O4. The molecule has 0 bridgehead atoms. The highest BCUT2D eigenvalue weighted by Gasteiger charge is 2.36. The third-order valence-corrected chi connectivity index (χ3v) is 1.58. The number of aliphatic carboxylic acids is 1. The van der Waals surface area contributed by atoms with E-state index in [9.17, 15) is 14.9 Å². The van der Waals surface area contributed by atoms with Crippen LogP contribution in [-0.2, 0) is 4.79 Å². The van der Waals surface area contributed by atoms with Gasteiger partial charge in [-0.15, -0.1) is 0 Å². The zero-order chi connectivity index (χ0) is 9.89. The highest BCUT2D eigenvalue weighted by atomic mass is 16.6. The molecule has 0 aromatic rings. The van der Waals surface area contributed by atoms with Gasteiger partial charge in [0.15, 0.2) is 6.04 Å². The van der Waals surface area contributed by atoms with Gasteiger partial charge in [0.1, 0.15) is 0 Å². The zero-order valence-electron chi connectivity index (χ0n) is 6.93. The number of nitrogens with zero attached hydrogens (tertiary/aromatic N) is 1. The normalized spacial score (nSPS) is 15.7. The first-order valence-electron chi connectivity index (χ1n) is 3.49. The Labute approximate surface area is 69.5 Å². The van der Waals surface area contributed by atoms with Crippen LogP contribution in [0.4, 0.5) is 0 Å². The smallest absolute Gasteiger partial charge is 0.327 e. The predicted molar refractivity (Wildman–Crippen MR) is 41.2 cm³/mol. The van der Waals surface area contributed by atoms with Gasteiger partial charge in [-0.05, 0) is 0 Å². The van der Waals surface area contributed by atoms with Crippen molar-refractivity contribution in [3.63, 3.8) is 0 Å². The molecule has 6 heteroatoms. The van der Waals surface area contributed by atoms with Gasteiger partial charge in [-0.3, -0.25) is 14.9 Å². The van der Waals surface area contributed by atoms with Crippen molar-refractivity contribution >= 4 is 5.97 Å². The highest BCUT2D eigenvalue weighted by molar-refractivity contribution is 5.73. The molecule has 0 aliphatic heterocycles. The van der Waals surface area contributed by atoms with E-state index in [0.717, 1.165) is 0 Å². The second-order valence-corrected chi connectivity index (χ2v) is 2.88. The number of carboxylic acids is 1. The van der Waals surface area contributed by atoms with Gasteiger partial charge in [-0.1, -0.05) is 13.8 Å². The van der Waals surface area contributed by atoms with Crippen molar-refractivity contribution in [1.82, 2.24) is 0 Å². The molecule has 2 unspecified atom stereocenters. The van der Waals surface area contributed by atoms with Gasteiger partial charge in [-0.2, -0.15) is 0 Å². The molecule has 3 N–H and O–H groups in total. The third-order valence-electron chi connectivity index (χ3n) is 1.58. The molecule has 0 radical (unpaired) electrons. The van der Waals surface area contributed by atoms with Crippen molar-refractivity contribution in [1.29, 1.82) is 0 Å². The molecule has 0 aliphatic rings. The Hall–Kier alpha value is -1.17. The molecule has 0 rings (SSSR count). The molecular weight excluding hydrogens is 164 g/mol. The van der Waals surface area contributed by atoms with Crippen LogP contribution in [0.3, 0.4) is 0 Å². The van der Waals surface area contributed by atoms with E-state index in [1.54, 1.807) is 13.8 Å². The lowest BCUT2D eigenvalue weighted by molar-refractivity contribution is -0.532.